The van der Waals surface area contributed by atoms with Crippen LogP contribution >= 0.6 is 0 Å². The molecule has 0 aromatic rings. The minimum atomic E-state index is -0.623. The highest BCUT2D eigenvalue weighted by atomic mass is 16.4. The van der Waals surface area contributed by atoms with E-state index in [4.69, 9.17) is 0 Å². The molecule has 2 aliphatic heterocycles. The Morgan fingerprint density at radius 3 is 2.75 bits per heavy atom. The summed E-state index contributed by atoms with van der Waals surface area (Å²) in [5.41, 5.74) is -0.574. The third-order valence-electron chi connectivity index (χ3n) is 4.33. The normalized spacial score (nSPS) is 37.0. The number of rotatable bonds is 3. The van der Waals surface area contributed by atoms with Gasteiger partial charge in [-0.2, -0.15) is 0 Å². The van der Waals surface area contributed by atoms with Gasteiger partial charge in [0.15, 0.2) is 0 Å². The second-order valence-corrected chi connectivity index (χ2v) is 5.19. The predicted octanol–water partition coefficient (Wildman–Crippen LogP) is 1.02. The van der Waals surface area contributed by atoms with Gasteiger partial charge in [0.25, 0.3) is 0 Å². The van der Waals surface area contributed by atoms with Gasteiger partial charge in [0.1, 0.15) is 5.54 Å². The lowest BCUT2D eigenvalue weighted by Gasteiger charge is -2.38. The Hall–Kier alpha value is -0.610. The first-order valence-corrected chi connectivity index (χ1v) is 6.29. The number of carboxylic acid groups (broad SMARTS) is 1. The lowest BCUT2D eigenvalue weighted by Crippen LogP contribution is -2.54. The smallest absolute Gasteiger partial charge is 0.324 e. The summed E-state index contributed by atoms with van der Waals surface area (Å²) in [4.78, 5) is 16.1. The molecule has 2 fully saturated rings. The number of carboxylic acids is 1. The first-order valence-electron chi connectivity index (χ1n) is 6.29. The summed E-state index contributed by atoms with van der Waals surface area (Å²) in [6.45, 7) is 5.08. The second-order valence-electron chi connectivity index (χ2n) is 5.19. The van der Waals surface area contributed by atoms with Gasteiger partial charge in [-0.1, -0.05) is 6.92 Å². The van der Waals surface area contributed by atoms with Gasteiger partial charge in [0, 0.05) is 12.6 Å². The molecule has 0 aromatic heterocycles. The van der Waals surface area contributed by atoms with Gasteiger partial charge in [0.2, 0.25) is 0 Å². The van der Waals surface area contributed by atoms with Crippen LogP contribution in [0.25, 0.3) is 0 Å². The Balaban J connectivity index is 2.16. The zero-order chi connectivity index (χ0) is 11.8. The summed E-state index contributed by atoms with van der Waals surface area (Å²) in [6.07, 6.45) is 3.69. The van der Waals surface area contributed by atoms with Crippen LogP contribution in [0, 0.1) is 0 Å². The highest BCUT2D eigenvalue weighted by molar-refractivity contribution is 5.79. The van der Waals surface area contributed by atoms with Crippen LogP contribution in [0.1, 0.15) is 32.6 Å². The van der Waals surface area contributed by atoms with Crippen LogP contribution < -0.4 is 0 Å². The number of hydrogen-bond acceptors (Lipinski definition) is 3. The molecule has 2 saturated heterocycles. The molecule has 2 rings (SSSR count). The van der Waals surface area contributed by atoms with E-state index in [-0.39, 0.29) is 0 Å². The molecule has 92 valence electrons. The molecule has 1 N–H and O–H groups in total. The van der Waals surface area contributed by atoms with Crippen molar-refractivity contribution in [2.45, 2.75) is 44.2 Å². The van der Waals surface area contributed by atoms with Gasteiger partial charge >= 0.3 is 5.97 Å². The van der Waals surface area contributed by atoms with Crippen molar-refractivity contribution in [1.29, 1.82) is 0 Å². The first kappa shape index (κ1) is 11.9. The molecule has 2 unspecified atom stereocenters. The fourth-order valence-electron chi connectivity index (χ4n) is 3.36. The van der Waals surface area contributed by atoms with Crippen LogP contribution in [-0.4, -0.2) is 59.1 Å². The summed E-state index contributed by atoms with van der Waals surface area (Å²) in [5, 5.41) is 9.51. The molecular formula is C12H22N2O2. The predicted molar refractivity (Wildman–Crippen MR) is 62.5 cm³/mol. The Morgan fingerprint density at radius 1 is 1.50 bits per heavy atom. The molecule has 0 spiro atoms. The maximum Gasteiger partial charge on any atom is 0.324 e. The SMILES string of the molecule is CCC1(C(=O)O)CCCN1C1CCN(C)C1. The molecule has 0 bridgehead atoms. The Labute approximate surface area is 97.2 Å². The van der Waals surface area contributed by atoms with E-state index in [2.05, 4.69) is 16.8 Å². The molecule has 2 aliphatic rings. The Morgan fingerprint density at radius 2 is 2.25 bits per heavy atom. The van der Waals surface area contributed by atoms with Gasteiger partial charge in [-0.25, -0.2) is 0 Å². The van der Waals surface area contributed by atoms with Gasteiger partial charge in [-0.15, -0.1) is 0 Å². The van der Waals surface area contributed by atoms with E-state index < -0.39 is 11.5 Å². The van der Waals surface area contributed by atoms with Gasteiger partial charge in [-0.3, -0.25) is 9.69 Å². The summed E-state index contributed by atoms with van der Waals surface area (Å²) in [7, 11) is 2.12. The van der Waals surface area contributed by atoms with E-state index in [0.717, 1.165) is 45.3 Å². The van der Waals surface area contributed by atoms with Crippen molar-refractivity contribution in [3.63, 3.8) is 0 Å². The molecule has 4 nitrogen and oxygen atoms in total. The van der Waals surface area contributed by atoms with Crippen molar-refractivity contribution < 1.29 is 9.90 Å². The minimum absolute atomic E-state index is 0.448. The summed E-state index contributed by atoms with van der Waals surface area (Å²) < 4.78 is 0. The molecule has 2 heterocycles. The molecule has 0 aromatic carbocycles. The maximum atomic E-state index is 11.5. The monoisotopic (exact) mass is 226 g/mol. The van der Waals surface area contributed by atoms with E-state index in [1.165, 1.54) is 0 Å². The van der Waals surface area contributed by atoms with Crippen molar-refractivity contribution in [3.05, 3.63) is 0 Å². The molecule has 0 aliphatic carbocycles. The number of aliphatic carboxylic acids is 1. The average Bonchev–Trinajstić information content (AvgIpc) is 2.83. The molecule has 0 saturated carbocycles. The van der Waals surface area contributed by atoms with Crippen LogP contribution in [0.4, 0.5) is 0 Å². The van der Waals surface area contributed by atoms with E-state index in [0.29, 0.717) is 6.04 Å². The van der Waals surface area contributed by atoms with Crippen molar-refractivity contribution in [1.82, 2.24) is 9.80 Å². The van der Waals surface area contributed by atoms with Crippen molar-refractivity contribution in [2.75, 3.05) is 26.7 Å². The summed E-state index contributed by atoms with van der Waals surface area (Å²) in [5.74, 6) is -0.623. The maximum absolute atomic E-state index is 11.5. The number of likely N-dealkylation sites (N-methyl/N-ethyl adjacent to an activating group) is 1. The van der Waals surface area contributed by atoms with Gasteiger partial charge in [-0.05, 0) is 45.8 Å². The Kier molecular flexibility index (Phi) is 3.22. The molecule has 0 amide bonds. The van der Waals surface area contributed by atoms with Crippen molar-refractivity contribution >= 4 is 5.97 Å². The summed E-state index contributed by atoms with van der Waals surface area (Å²) in [6, 6.07) is 0.448. The number of likely N-dealkylation sites (tertiary alicyclic amines) is 2. The van der Waals surface area contributed by atoms with Gasteiger partial charge in [0.05, 0.1) is 0 Å². The molecule has 2 atom stereocenters. The van der Waals surface area contributed by atoms with Crippen molar-refractivity contribution in [2.24, 2.45) is 0 Å². The third kappa shape index (κ3) is 1.74. The quantitative estimate of drug-likeness (QED) is 0.780. The standard InChI is InChI=1S/C12H22N2O2/c1-3-12(11(15)16)6-4-7-14(12)10-5-8-13(2)9-10/h10H,3-9H2,1-2H3,(H,15,16). The van der Waals surface area contributed by atoms with Crippen molar-refractivity contribution in [3.8, 4) is 0 Å². The van der Waals surface area contributed by atoms with Crippen LogP contribution in [0.5, 0.6) is 0 Å². The number of carbonyl (C=O) groups is 1. The molecular weight excluding hydrogens is 204 g/mol. The molecule has 16 heavy (non-hydrogen) atoms. The molecule has 0 radical (unpaired) electrons. The molecule has 4 heteroatoms. The highest BCUT2D eigenvalue weighted by Gasteiger charge is 2.49. The number of nitrogens with zero attached hydrogens (tertiary/aromatic N) is 2. The van der Waals surface area contributed by atoms with Crippen LogP contribution in [0.2, 0.25) is 0 Å². The van der Waals surface area contributed by atoms with E-state index in [1.54, 1.807) is 0 Å². The Bertz CT molecular complexity index is 282. The van der Waals surface area contributed by atoms with Gasteiger partial charge < -0.3 is 10.0 Å². The fraction of sp³-hybridized carbons (Fsp3) is 0.917. The zero-order valence-electron chi connectivity index (χ0n) is 10.3. The number of hydrogen-bond donors (Lipinski definition) is 1. The first-order chi connectivity index (χ1) is 7.60. The minimum Gasteiger partial charge on any atom is -0.480 e. The highest BCUT2D eigenvalue weighted by Crippen LogP contribution is 2.36. The van der Waals surface area contributed by atoms with E-state index in [1.807, 2.05) is 6.92 Å². The van der Waals surface area contributed by atoms with Crippen LogP contribution in [0.15, 0.2) is 0 Å². The largest absolute Gasteiger partial charge is 0.480 e. The van der Waals surface area contributed by atoms with E-state index >= 15 is 0 Å². The fourth-order valence-corrected chi connectivity index (χ4v) is 3.36. The lowest BCUT2D eigenvalue weighted by atomic mass is 9.91. The zero-order valence-corrected chi connectivity index (χ0v) is 10.3. The summed E-state index contributed by atoms with van der Waals surface area (Å²) >= 11 is 0. The average molecular weight is 226 g/mol. The van der Waals surface area contributed by atoms with Crippen LogP contribution in [0.3, 0.4) is 0 Å². The lowest BCUT2D eigenvalue weighted by molar-refractivity contribution is -0.151. The second kappa shape index (κ2) is 4.34. The third-order valence-corrected chi connectivity index (χ3v) is 4.33. The van der Waals surface area contributed by atoms with E-state index in [9.17, 15) is 9.90 Å². The topological polar surface area (TPSA) is 43.8 Å². The van der Waals surface area contributed by atoms with Crippen LogP contribution in [-0.2, 0) is 4.79 Å².